The molecule has 1 fully saturated rings. The fourth-order valence-electron chi connectivity index (χ4n) is 2.85. The Balaban J connectivity index is 1.65. The topological polar surface area (TPSA) is 96.2 Å². The number of nitrogens with zero attached hydrogens (tertiary/aromatic N) is 4. The highest BCUT2D eigenvalue weighted by atomic mass is 32.2. The lowest BCUT2D eigenvalue weighted by Crippen LogP contribution is -2.42. The number of piperidine rings is 1. The van der Waals surface area contributed by atoms with Gasteiger partial charge in [-0.1, -0.05) is 19.1 Å². The van der Waals surface area contributed by atoms with Gasteiger partial charge in [-0.15, -0.1) is 0 Å². The summed E-state index contributed by atoms with van der Waals surface area (Å²) in [4.78, 5) is 8.42. The predicted octanol–water partition coefficient (Wildman–Crippen LogP) is 2.14. The molecule has 2 heterocycles. The number of ether oxygens (including phenoxy) is 1. The molecule has 1 aliphatic rings. The number of sulfonamides is 1. The molecule has 0 radical (unpaired) electrons. The number of benzene rings is 1. The number of nitriles is 1. The summed E-state index contributed by atoms with van der Waals surface area (Å²) in [6.07, 6.45) is 5.31. The van der Waals surface area contributed by atoms with Crippen molar-refractivity contribution in [2.24, 2.45) is 0 Å². The van der Waals surface area contributed by atoms with E-state index in [1.807, 2.05) is 13.0 Å². The summed E-state index contributed by atoms with van der Waals surface area (Å²) in [5, 5.41) is 9.16. The van der Waals surface area contributed by atoms with E-state index < -0.39 is 10.0 Å². The number of hydrogen-bond donors (Lipinski definition) is 0. The van der Waals surface area contributed by atoms with Gasteiger partial charge in [-0.05, 0) is 37.0 Å². The molecule has 1 saturated heterocycles. The lowest BCUT2D eigenvalue weighted by molar-refractivity contribution is 0.124. The van der Waals surface area contributed by atoms with E-state index in [0.29, 0.717) is 31.9 Å². The molecule has 0 atom stereocenters. The largest absolute Gasteiger partial charge is 0.460 e. The third-order valence-corrected chi connectivity index (χ3v) is 6.35. The van der Waals surface area contributed by atoms with E-state index in [-0.39, 0.29) is 16.6 Å². The molecule has 0 bridgehead atoms. The van der Waals surface area contributed by atoms with Gasteiger partial charge >= 0.3 is 6.01 Å². The van der Waals surface area contributed by atoms with Gasteiger partial charge in [0.15, 0.2) is 0 Å². The highest BCUT2D eigenvalue weighted by molar-refractivity contribution is 7.89. The normalized spacial score (nSPS) is 16.2. The number of rotatable bonds is 5. The van der Waals surface area contributed by atoms with Gasteiger partial charge in [0.1, 0.15) is 12.2 Å². The Morgan fingerprint density at radius 2 is 1.88 bits per heavy atom. The molecule has 7 nitrogen and oxygen atoms in total. The second kappa shape index (κ2) is 7.81. The maximum atomic E-state index is 12.8. The van der Waals surface area contributed by atoms with Crippen molar-refractivity contribution in [3.8, 4) is 12.1 Å². The van der Waals surface area contributed by atoms with Gasteiger partial charge in [0.05, 0.1) is 10.5 Å². The molecule has 136 valence electrons. The van der Waals surface area contributed by atoms with Crippen LogP contribution in [0.4, 0.5) is 0 Å². The van der Waals surface area contributed by atoms with Crippen LogP contribution in [-0.4, -0.2) is 41.9 Å². The van der Waals surface area contributed by atoms with E-state index in [0.717, 1.165) is 12.0 Å². The first-order valence-electron chi connectivity index (χ1n) is 8.51. The summed E-state index contributed by atoms with van der Waals surface area (Å²) < 4.78 is 32.8. The molecule has 8 heteroatoms. The molecule has 1 aromatic heterocycles. The van der Waals surface area contributed by atoms with Crippen molar-refractivity contribution in [2.45, 2.75) is 37.2 Å². The van der Waals surface area contributed by atoms with Gasteiger partial charge in [-0.25, -0.2) is 18.4 Å². The molecule has 0 saturated carbocycles. The minimum atomic E-state index is -3.69. The summed E-state index contributed by atoms with van der Waals surface area (Å²) in [5.41, 5.74) is 1.20. The number of hydrogen-bond acceptors (Lipinski definition) is 6. The van der Waals surface area contributed by atoms with Gasteiger partial charge in [0, 0.05) is 25.5 Å². The highest BCUT2D eigenvalue weighted by Crippen LogP contribution is 2.24. The summed E-state index contributed by atoms with van der Waals surface area (Å²) in [5.74, 6) is 0. The molecular formula is C18H20N4O3S. The van der Waals surface area contributed by atoms with Crippen LogP contribution >= 0.6 is 0 Å². The van der Waals surface area contributed by atoms with Gasteiger partial charge in [-0.3, -0.25) is 0 Å². The minimum absolute atomic E-state index is 0.0559. The first-order chi connectivity index (χ1) is 12.5. The van der Waals surface area contributed by atoms with Crippen molar-refractivity contribution >= 4 is 10.0 Å². The Bertz CT molecular complexity index is 899. The highest BCUT2D eigenvalue weighted by Gasteiger charge is 2.31. The van der Waals surface area contributed by atoms with Gasteiger partial charge in [-0.2, -0.15) is 9.57 Å². The van der Waals surface area contributed by atoms with Crippen molar-refractivity contribution in [1.82, 2.24) is 14.3 Å². The SMILES string of the molecule is CCc1cnc(OC2CCN(S(=O)(=O)c3ccccc3C#N)CC2)nc1. The molecule has 3 rings (SSSR count). The van der Waals surface area contributed by atoms with Crippen LogP contribution in [0.15, 0.2) is 41.6 Å². The van der Waals surface area contributed by atoms with Crippen LogP contribution in [-0.2, 0) is 16.4 Å². The molecule has 1 aliphatic heterocycles. The second-order valence-corrected chi connectivity index (χ2v) is 7.96. The zero-order chi connectivity index (χ0) is 18.6. The molecule has 1 aromatic carbocycles. The molecule has 26 heavy (non-hydrogen) atoms. The maximum absolute atomic E-state index is 12.8. The summed E-state index contributed by atoms with van der Waals surface area (Å²) >= 11 is 0. The fourth-order valence-corrected chi connectivity index (χ4v) is 4.46. The average Bonchev–Trinajstić information content (AvgIpc) is 2.69. The Hall–Kier alpha value is -2.50. The molecule has 0 amide bonds. The van der Waals surface area contributed by atoms with Crippen molar-refractivity contribution in [3.63, 3.8) is 0 Å². The predicted molar refractivity (Wildman–Crippen MR) is 95.0 cm³/mol. The molecule has 2 aromatic rings. The quantitative estimate of drug-likeness (QED) is 0.798. The van der Waals surface area contributed by atoms with Gasteiger partial charge < -0.3 is 4.74 Å². The monoisotopic (exact) mass is 372 g/mol. The Labute approximate surface area is 153 Å². The van der Waals surface area contributed by atoms with Crippen LogP contribution in [0.5, 0.6) is 6.01 Å². The Morgan fingerprint density at radius 3 is 2.50 bits per heavy atom. The Kier molecular flexibility index (Phi) is 5.49. The van der Waals surface area contributed by atoms with E-state index in [9.17, 15) is 8.42 Å². The first-order valence-corrected chi connectivity index (χ1v) is 9.95. The van der Waals surface area contributed by atoms with Gasteiger partial charge in [0.25, 0.3) is 0 Å². The van der Waals surface area contributed by atoms with E-state index in [4.69, 9.17) is 10.00 Å². The number of aromatic nitrogens is 2. The Morgan fingerprint density at radius 1 is 1.23 bits per heavy atom. The molecular weight excluding hydrogens is 352 g/mol. The lowest BCUT2D eigenvalue weighted by atomic mass is 10.1. The zero-order valence-corrected chi connectivity index (χ0v) is 15.3. The van der Waals surface area contributed by atoms with Crippen LogP contribution < -0.4 is 4.74 Å². The van der Waals surface area contributed by atoms with Crippen molar-refractivity contribution in [2.75, 3.05) is 13.1 Å². The zero-order valence-electron chi connectivity index (χ0n) is 14.5. The molecule has 0 aliphatic carbocycles. The summed E-state index contributed by atoms with van der Waals surface area (Å²) in [7, 11) is -3.69. The van der Waals surface area contributed by atoms with Gasteiger partial charge in [0.2, 0.25) is 10.0 Å². The third kappa shape index (κ3) is 3.84. The average molecular weight is 372 g/mol. The van der Waals surface area contributed by atoms with E-state index in [2.05, 4.69) is 9.97 Å². The standard InChI is InChI=1S/C18H20N4O3S/c1-2-14-12-20-18(21-13-14)25-16-7-9-22(10-8-16)26(23,24)17-6-4-3-5-15(17)11-19/h3-6,12-13,16H,2,7-10H2,1H3. The first kappa shape index (κ1) is 18.3. The van der Waals surface area contributed by atoms with Crippen LogP contribution in [0.3, 0.4) is 0 Å². The molecule has 0 unspecified atom stereocenters. The summed E-state index contributed by atoms with van der Waals surface area (Å²) in [6.45, 7) is 2.69. The van der Waals surface area contributed by atoms with E-state index >= 15 is 0 Å². The van der Waals surface area contributed by atoms with Crippen LogP contribution in [0.2, 0.25) is 0 Å². The van der Waals surface area contributed by atoms with Crippen LogP contribution in [0.1, 0.15) is 30.9 Å². The smallest absolute Gasteiger partial charge is 0.316 e. The number of aryl methyl sites for hydroxylation is 1. The third-order valence-electron chi connectivity index (χ3n) is 4.39. The minimum Gasteiger partial charge on any atom is -0.460 e. The van der Waals surface area contributed by atoms with Crippen molar-refractivity contribution in [3.05, 3.63) is 47.8 Å². The fraction of sp³-hybridized carbons (Fsp3) is 0.389. The molecule has 0 N–H and O–H groups in total. The van der Waals surface area contributed by atoms with Crippen molar-refractivity contribution in [1.29, 1.82) is 5.26 Å². The maximum Gasteiger partial charge on any atom is 0.316 e. The van der Waals surface area contributed by atoms with E-state index in [1.165, 1.54) is 16.4 Å². The van der Waals surface area contributed by atoms with E-state index in [1.54, 1.807) is 24.5 Å². The van der Waals surface area contributed by atoms with Crippen LogP contribution in [0.25, 0.3) is 0 Å². The van der Waals surface area contributed by atoms with Crippen LogP contribution in [0, 0.1) is 11.3 Å². The lowest BCUT2D eigenvalue weighted by Gasteiger charge is -2.31. The van der Waals surface area contributed by atoms with Crippen molar-refractivity contribution < 1.29 is 13.2 Å². The molecule has 0 spiro atoms. The second-order valence-electron chi connectivity index (χ2n) is 6.06. The summed E-state index contributed by atoms with van der Waals surface area (Å²) in [6, 6.07) is 8.53.